The molecule has 2 heterocycles. The van der Waals surface area contributed by atoms with Crippen LogP contribution in [0.2, 0.25) is 0 Å². The van der Waals surface area contributed by atoms with Crippen molar-refractivity contribution in [1.29, 1.82) is 0 Å². The first-order valence-corrected chi connectivity index (χ1v) is 10.8. The SMILES string of the molecule is COc1ccccc1C(=O)N[C@H]1CCC(=O)N2CCC[C@@H](C(=O)N[C@H](C=O)CC(=O)O)N2C1=O. The third kappa shape index (κ3) is 5.33. The van der Waals surface area contributed by atoms with Crippen molar-refractivity contribution >= 4 is 35.9 Å². The number of hydrogen-bond acceptors (Lipinski definition) is 7. The number of carbonyl (C=O) groups is 6. The maximum Gasteiger partial charge on any atom is 0.305 e. The van der Waals surface area contributed by atoms with Gasteiger partial charge in [0.05, 0.1) is 25.1 Å². The first-order chi connectivity index (χ1) is 16.3. The molecule has 0 bridgehead atoms. The van der Waals surface area contributed by atoms with Gasteiger partial charge >= 0.3 is 5.97 Å². The number of carbonyl (C=O) groups excluding carboxylic acids is 5. The van der Waals surface area contributed by atoms with E-state index in [2.05, 4.69) is 10.6 Å². The van der Waals surface area contributed by atoms with Crippen LogP contribution in [0, 0.1) is 0 Å². The molecular formula is C22H26N4O8. The number of hydrazine groups is 1. The standard InChI is InChI=1S/C22H26N4O8/c1-34-17-7-3-2-5-14(17)20(31)24-15-8-9-18(28)25-10-4-6-16(26(25)22(15)33)21(32)23-13(12-27)11-19(29)30/h2-3,5,7,12-13,15-16H,4,6,8-11H2,1H3,(H,23,32)(H,24,31)(H,29,30)/t13-,15-,16-/m0/s1. The second kappa shape index (κ2) is 10.8. The van der Waals surface area contributed by atoms with Crippen molar-refractivity contribution in [3.63, 3.8) is 0 Å². The molecule has 182 valence electrons. The van der Waals surface area contributed by atoms with Crippen LogP contribution in [0.3, 0.4) is 0 Å². The van der Waals surface area contributed by atoms with Crippen LogP contribution in [0.5, 0.6) is 5.75 Å². The minimum Gasteiger partial charge on any atom is -0.496 e. The number of nitrogens with zero attached hydrogens (tertiary/aromatic N) is 2. The first kappa shape index (κ1) is 24.7. The Kier molecular flexibility index (Phi) is 7.82. The molecule has 0 unspecified atom stereocenters. The Morgan fingerprint density at radius 1 is 1.24 bits per heavy atom. The zero-order chi connectivity index (χ0) is 24.8. The van der Waals surface area contributed by atoms with Crippen LogP contribution in [0.15, 0.2) is 24.3 Å². The number of nitrogens with one attached hydrogen (secondary N) is 2. The lowest BCUT2D eigenvalue weighted by Gasteiger charge is -2.43. The molecule has 1 aromatic carbocycles. The molecule has 0 saturated carbocycles. The van der Waals surface area contributed by atoms with Crippen molar-refractivity contribution in [1.82, 2.24) is 20.7 Å². The minimum atomic E-state index is -1.28. The van der Waals surface area contributed by atoms with Gasteiger partial charge in [0.1, 0.15) is 24.1 Å². The first-order valence-electron chi connectivity index (χ1n) is 10.8. The highest BCUT2D eigenvalue weighted by Gasteiger charge is 2.45. The van der Waals surface area contributed by atoms with Crippen LogP contribution in [0.4, 0.5) is 0 Å². The number of aldehydes is 1. The molecule has 0 spiro atoms. The number of carboxylic acids is 1. The number of para-hydroxylation sites is 1. The quantitative estimate of drug-likeness (QED) is 0.424. The van der Waals surface area contributed by atoms with Gasteiger partial charge in [0.2, 0.25) is 11.8 Å². The fourth-order valence-corrected chi connectivity index (χ4v) is 4.07. The molecule has 2 aliphatic rings. The Morgan fingerprint density at radius 3 is 2.65 bits per heavy atom. The Bertz CT molecular complexity index is 997. The van der Waals surface area contributed by atoms with Gasteiger partial charge in [-0.05, 0) is 31.4 Å². The number of aliphatic carboxylic acids is 1. The lowest BCUT2D eigenvalue weighted by Crippen LogP contribution is -2.64. The number of amides is 4. The van der Waals surface area contributed by atoms with Crippen LogP contribution in [-0.4, -0.2) is 82.8 Å². The van der Waals surface area contributed by atoms with E-state index in [1.165, 1.54) is 18.2 Å². The summed E-state index contributed by atoms with van der Waals surface area (Å²) in [6, 6.07) is 2.97. The van der Waals surface area contributed by atoms with Gasteiger partial charge in [0, 0.05) is 13.0 Å². The van der Waals surface area contributed by atoms with Gasteiger partial charge in [-0.2, -0.15) is 0 Å². The van der Waals surface area contributed by atoms with Gasteiger partial charge in [-0.3, -0.25) is 29.0 Å². The van der Waals surface area contributed by atoms with E-state index in [9.17, 15) is 28.8 Å². The maximum absolute atomic E-state index is 13.4. The third-order valence-corrected chi connectivity index (χ3v) is 5.71. The molecule has 0 aromatic heterocycles. The second-order valence-electron chi connectivity index (χ2n) is 7.97. The number of methoxy groups -OCH3 is 1. The molecule has 1 aromatic rings. The van der Waals surface area contributed by atoms with Gasteiger partial charge in [-0.15, -0.1) is 0 Å². The zero-order valence-electron chi connectivity index (χ0n) is 18.6. The molecule has 12 nitrogen and oxygen atoms in total. The molecule has 3 N–H and O–H groups in total. The second-order valence-corrected chi connectivity index (χ2v) is 7.97. The number of fused-ring (bicyclic) bond motifs is 1. The van der Waals surface area contributed by atoms with E-state index in [1.54, 1.807) is 18.2 Å². The highest BCUT2D eigenvalue weighted by molar-refractivity contribution is 6.01. The van der Waals surface area contributed by atoms with Gasteiger partial charge in [0.15, 0.2) is 0 Å². The highest BCUT2D eigenvalue weighted by atomic mass is 16.5. The van der Waals surface area contributed by atoms with Gasteiger partial charge in [-0.1, -0.05) is 12.1 Å². The maximum atomic E-state index is 13.4. The van der Waals surface area contributed by atoms with E-state index in [-0.39, 0.29) is 37.3 Å². The molecule has 0 aliphatic carbocycles. The molecule has 12 heteroatoms. The summed E-state index contributed by atoms with van der Waals surface area (Å²) in [5, 5.41) is 16.1. The topological polar surface area (TPSA) is 162 Å². The van der Waals surface area contributed by atoms with Crippen molar-refractivity contribution in [2.24, 2.45) is 0 Å². The molecule has 3 atom stereocenters. The average molecular weight is 474 g/mol. The van der Waals surface area contributed by atoms with Crippen LogP contribution in [0.25, 0.3) is 0 Å². The van der Waals surface area contributed by atoms with Crippen LogP contribution in [-0.2, 0) is 24.0 Å². The van der Waals surface area contributed by atoms with Crippen LogP contribution < -0.4 is 15.4 Å². The summed E-state index contributed by atoms with van der Waals surface area (Å²) in [5.74, 6) is -3.31. The Labute approximate surface area is 195 Å². The van der Waals surface area contributed by atoms with E-state index in [0.717, 1.165) is 5.01 Å². The number of ether oxygens (including phenoxy) is 1. The van der Waals surface area contributed by atoms with Crippen molar-refractivity contribution < 1.29 is 38.6 Å². The lowest BCUT2D eigenvalue weighted by atomic mass is 10.0. The lowest BCUT2D eigenvalue weighted by molar-refractivity contribution is -0.176. The van der Waals surface area contributed by atoms with E-state index >= 15 is 0 Å². The Hall–Kier alpha value is -3.96. The molecule has 2 saturated heterocycles. The van der Waals surface area contributed by atoms with Crippen molar-refractivity contribution in [2.75, 3.05) is 13.7 Å². The van der Waals surface area contributed by atoms with Gasteiger partial charge in [0.25, 0.3) is 11.8 Å². The highest BCUT2D eigenvalue weighted by Crippen LogP contribution is 2.26. The minimum absolute atomic E-state index is 0.0244. The van der Waals surface area contributed by atoms with Crippen molar-refractivity contribution in [3.8, 4) is 5.75 Å². The average Bonchev–Trinajstić information content (AvgIpc) is 2.95. The zero-order valence-corrected chi connectivity index (χ0v) is 18.6. The van der Waals surface area contributed by atoms with E-state index in [1.807, 2.05) is 0 Å². The summed E-state index contributed by atoms with van der Waals surface area (Å²) >= 11 is 0. The molecule has 3 rings (SSSR count). The molecule has 4 amide bonds. The predicted molar refractivity (Wildman–Crippen MR) is 115 cm³/mol. The third-order valence-electron chi connectivity index (χ3n) is 5.71. The van der Waals surface area contributed by atoms with Crippen LogP contribution >= 0.6 is 0 Å². The summed E-state index contributed by atoms with van der Waals surface area (Å²) in [4.78, 5) is 74.0. The summed E-state index contributed by atoms with van der Waals surface area (Å²) in [5.41, 5.74) is 0.209. The normalized spacial score (nSPS) is 21.1. The fraction of sp³-hybridized carbons (Fsp3) is 0.455. The summed E-state index contributed by atoms with van der Waals surface area (Å²) < 4.78 is 5.19. The number of rotatable bonds is 8. The van der Waals surface area contributed by atoms with E-state index in [0.29, 0.717) is 18.5 Å². The van der Waals surface area contributed by atoms with E-state index in [4.69, 9.17) is 9.84 Å². The molecular weight excluding hydrogens is 448 g/mol. The van der Waals surface area contributed by atoms with E-state index < -0.39 is 48.2 Å². The summed E-state index contributed by atoms with van der Waals surface area (Å²) in [7, 11) is 1.41. The van der Waals surface area contributed by atoms with Gasteiger partial charge in [-0.25, -0.2) is 5.01 Å². The predicted octanol–water partition coefficient (Wildman–Crippen LogP) is -0.520. The Morgan fingerprint density at radius 2 is 1.97 bits per heavy atom. The molecule has 2 fully saturated rings. The van der Waals surface area contributed by atoms with Crippen LogP contribution in [0.1, 0.15) is 42.5 Å². The Balaban J connectivity index is 1.83. The number of benzene rings is 1. The molecule has 34 heavy (non-hydrogen) atoms. The van der Waals surface area contributed by atoms with Crippen molar-refractivity contribution in [3.05, 3.63) is 29.8 Å². The van der Waals surface area contributed by atoms with Gasteiger partial charge < -0.3 is 25.3 Å². The smallest absolute Gasteiger partial charge is 0.305 e. The monoisotopic (exact) mass is 474 g/mol. The summed E-state index contributed by atoms with van der Waals surface area (Å²) in [6.45, 7) is 0.216. The fourth-order valence-electron chi connectivity index (χ4n) is 4.07. The number of hydrogen-bond donors (Lipinski definition) is 3. The number of carboxylic acid groups (broad SMARTS) is 1. The van der Waals surface area contributed by atoms with Crippen molar-refractivity contribution in [2.45, 2.75) is 50.2 Å². The molecule has 2 aliphatic heterocycles. The summed E-state index contributed by atoms with van der Waals surface area (Å²) in [6.07, 6.45) is 0.331. The largest absolute Gasteiger partial charge is 0.496 e. The molecule has 0 radical (unpaired) electrons.